The molecule has 0 spiro atoms. The van der Waals surface area contributed by atoms with Crippen molar-refractivity contribution >= 4 is 15.9 Å². The number of nitrogens with zero attached hydrogens (tertiary/aromatic N) is 1. The number of alkyl halides is 1. The molecule has 0 aromatic carbocycles. The summed E-state index contributed by atoms with van der Waals surface area (Å²) in [6.07, 6.45) is 1.45. The van der Waals surface area contributed by atoms with Crippen LogP contribution in [-0.4, -0.2) is 17.2 Å². The zero-order chi connectivity index (χ0) is 9.84. The minimum Gasteiger partial charge on any atom is -0.481 e. The summed E-state index contributed by atoms with van der Waals surface area (Å²) < 4.78 is 17.9. The van der Waals surface area contributed by atoms with Crippen LogP contribution in [0.15, 0.2) is 10.7 Å². The first kappa shape index (κ1) is 10.4. The van der Waals surface area contributed by atoms with E-state index in [-0.39, 0.29) is 12.5 Å². The van der Waals surface area contributed by atoms with Gasteiger partial charge in [-0.2, -0.15) is 0 Å². The lowest BCUT2D eigenvalue weighted by Crippen LogP contribution is -2.00. The van der Waals surface area contributed by atoms with Gasteiger partial charge in [-0.15, -0.1) is 0 Å². The second-order valence-corrected chi connectivity index (χ2v) is 3.22. The average molecular weight is 250 g/mol. The summed E-state index contributed by atoms with van der Waals surface area (Å²) in [4.78, 5) is 3.88. The largest absolute Gasteiger partial charge is 0.481 e. The van der Waals surface area contributed by atoms with E-state index in [1.54, 1.807) is 0 Å². The van der Waals surface area contributed by atoms with Gasteiger partial charge in [-0.25, -0.2) is 9.37 Å². The maximum Gasteiger partial charge on any atom is 0.219 e. The molecular weight excluding hydrogens is 241 g/mol. The number of ether oxygens (including phenoxy) is 1. The molecule has 1 aromatic rings. The average Bonchev–Trinajstić information content (AvgIpc) is 2.17. The third-order valence-corrected chi connectivity index (χ3v) is 2.37. The summed E-state index contributed by atoms with van der Waals surface area (Å²) in [5.41, 5.74) is 0.772. The summed E-state index contributed by atoms with van der Waals surface area (Å²) >= 11 is 3.14. The molecule has 0 atom stereocenters. The second kappa shape index (κ2) is 4.53. The van der Waals surface area contributed by atoms with Crippen molar-refractivity contribution in [1.29, 1.82) is 0 Å². The number of hydrogen-bond acceptors (Lipinski definition) is 3. The molecule has 1 rings (SSSR count). The monoisotopic (exact) mass is 249 g/mol. The minimum absolute atomic E-state index is 0.262. The van der Waals surface area contributed by atoms with E-state index < -0.39 is 6.67 Å². The first-order valence-corrected chi connectivity index (χ1v) is 4.41. The van der Waals surface area contributed by atoms with Crippen LogP contribution >= 0.6 is 15.9 Å². The Morgan fingerprint density at radius 3 is 2.77 bits per heavy atom. The molecule has 0 aliphatic heterocycles. The van der Waals surface area contributed by atoms with E-state index in [9.17, 15) is 4.39 Å². The van der Waals surface area contributed by atoms with Crippen molar-refractivity contribution in [3.63, 3.8) is 0 Å². The zero-order valence-electron chi connectivity index (χ0n) is 7.05. The van der Waals surface area contributed by atoms with E-state index in [1.807, 2.05) is 0 Å². The fourth-order valence-electron chi connectivity index (χ4n) is 1.03. The van der Waals surface area contributed by atoms with Crippen LogP contribution < -0.4 is 4.74 Å². The van der Waals surface area contributed by atoms with Gasteiger partial charge in [-0.3, -0.25) is 0 Å². The van der Waals surface area contributed by atoms with Crippen molar-refractivity contribution in [2.75, 3.05) is 7.11 Å². The highest BCUT2D eigenvalue weighted by atomic mass is 79.9. The highest BCUT2D eigenvalue weighted by molar-refractivity contribution is 9.10. The lowest BCUT2D eigenvalue weighted by molar-refractivity contribution is 0.268. The van der Waals surface area contributed by atoms with Gasteiger partial charge in [0.2, 0.25) is 5.88 Å². The molecule has 1 heterocycles. The molecule has 0 radical (unpaired) electrons. The maximum atomic E-state index is 12.5. The minimum atomic E-state index is -0.657. The molecule has 5 heteroatoms. The summed E-state index contributed by atoms with van der Waals surface area (Å²) in [5.74, 6) is 0.262. The fraction of sp³-hybridized carbons (Fsp3) is 0.375. The number of aliphatic hydroxyl groups excluding tert-OH is 1. The summed E-state index contributed by atoms with van der Waals surface area (Å²) in [5, 5.41) is 8.98. The third-order valence-electron chi connectivity index (χ3n) is 1.69. The van der Waals surface area contributed by atoms with E-state index in [1.165, 1.54) is 13.3 Å². The Morgan fingerprint density at radius 2 is 2.31 bits per heavy atom. The van der Waals surface area contributed by atoms with Crippen LogP contribution in [0, 0.1) is 0 Å². The Balaban J connectivity index is 3.27. The van der Waals surface area contributed by atoms with Crippen LogP contribution in [0.1, 0.15) is 11.1 Å². The Morgan fingerprint density at radius 1 is 1.62 bits per heavy atom. The molecule has 72 valence electrons. The summed E-state index contributed by atoms with van der Waals surface area (Å²) in [6.45, 7) is -0.940. The molecule has 0 fully saturated rings. The number of methoxy groups -OCH3 is 1. The topological polar surface area (TPSA) is 42.4 Å². The van der Waals surface area contributed by atoms with Crippen LogP contribution in [0.25, 0.3) is 0 Å². The number of aromatic nitrogens is 1. The number of pyridine rings is 1. The molecule has 0 aliphatic carbocycles. The second-order valence-electron chi connectivity index (χ2n) is 2.36. The predicted octanol–water partition coefficient (Wildman–Crippen LogP) is 1.81. The van der Waals surface area contributed by atoms with Crippen molar-refractivity contribution in [2.24, 2.45) is 0 Å². The lowest BCUT2D eigenvalue weighted by atomic mass is 10.1. The number of aliphatic hydroxyl groups is 1. The van der Waals surface area contributed by atoms with Gasteiger partial charge in [-0.05, 0) is 15.9 Å². The Bertz CT molecular complexity index is 306. The zero-order valence-corrected chi connectivity index (χ0v) is 8.64. The highest BCUT2D eigenvalue weighted by Crippen LogP contribution is 2.27. The van der Waals surface area contributed by atoms with E-state index in [2.05, 4.69) is 20.9 Å². The van der Waals surface area contributed by atoms with E-state index in [0.717, 1.165) is 0 Å². The standard InChI is InChI=1S/C8H9BrFNO2/c1-13-8-6(4-12)5(2-10)7(9)3-11-8/h3,12H,2,4H2,1H3. The van der Waals surface area contributed by atoms with Crippen molar-refractivity contribution < 1.29 is 14.2 Å². The van der Waals surface area contributed by atoms with Gasteiger partial charge < -0.3 is 9.84 Å². The Kier molecular flexibility index (Phi) is 3.62. The van der Waals surface area contributed by atoms with Gasteiger partial charge in [-0.1, -0.05) is 0 Å². The molecule has 0 bridgehead atoms. The molecule has 0 aliphatic rings. The Hall–Kier alpha value is -0.680. The Labute approximate surface area is 83.7 Å². The number of halogens is 2. The molecule has 3 nitrogen and oxygen atoms in total. The van der Waals surface area contributed by atoms with Gasteiger partial charge in [0.15, 0.2) is 0 Å². The third kappa shape index (κ3) is 1.97. The van der Waals surface area contributed by atoms with Crippen molar-refractivity contribution in [2.45, 2.75) is 13.3 Å². The summed E-state index contributed by atoms with van der Waals surface area (Å²) in [7, 11) is 1.43. The molecule has 0 amide bonds. The SMILES string of the molecule is COc1ncc(Br)c(CF)c1CO. The van der Waals surface area contributed by atoms with E-state index in [4.69, 9.17) is 9.84 Å². The van der Waals surface area contributed by atoms with Crippen LogP contribution in [0.2, 0.25) is 0 Å². The number of rotatable bonds is 3. The maximum absolute atomic E-state index is 12.5. The van der Waals surface area contributed by atoms with E-state index >= 15 is 0 Å². The van der Waals surface area contributed by atoms with E-state index in [0.29, 0.717) is 15.6 Å². The van der Waals surface area contributed by atoms with Crippen molar-refractivity contribution in [3.05, 3.63) is 21.8 Å². The normalized spacial score (nSPS) is 10.2. The molecule has 0 saturated carbocycles. The fourth-order valence-corrected chi connectivity index (χ4v) is 1.48. The van der Waals surface area contributed by atoms with Gasteiger partial charge in [0.1, 0.15) is 6.67 Å². The predicted molar refractivity (Wildman–Crippen MR) is 49.2 cm³/mol. The lowest BCUT2D eigenvalue weighted by Gasteiger charge is -2.09. The van der Waals surface area contributed by atoms with Crippen molar-refractivity contribution in [3.8, 4) is 5.88 Å². The smallest absolute Gasteiger partial charge is 0.219 e. The van der Waals surface area contributed by atoms with Crippen LogP contribution in [0.4, 0.5) is 4.39 Å². The molecule has 0 unspecified atom stereocenters. The molecule has 1 N–H and O–H groups in total. The van der Waals surface area contributed by atoms with Crippen LogP contribution in [0.5, 0.6) is 5.88 Å². The first-order chi connectivity index (χ1) is 6.24. The quantitative estimate of drug-likeness (QED) is 0.889. The highest BCUT2D eigenvalue weighted by Gasteiger charge is 2.12. The van der Waals surface area contributed by atoms with Gasteiger partial charge in [0.25, 0.3) is 0 Å². The molecule has 13 heavy (non-hydrogen) atoms. The number of hydrogen-bond donors (Lipinski definition) is 1. The molecular formula is C8H9BrFNO2. The van der Waals surface area contributed by atoms with Crippen molar-refractivity contribution in [1.82, 2.24) is 4.98 Å². The van der Waals surface area contributed by atoms with Crippen LogP contribution in [-0.2, 0) is 13.3 Å². The first-order valence-electron chi connectivity index (χ1n) is 3.61. The van der Waals surface area contributed by atoms with Gasteiger partial charge >= 0.3 is 0 Å². The van der Waals surface area contributed by atoms with Gasteiger partial charge in [0, 0.05) is 21.8 Å². The summed E-state index contributed by atoms with van der Waals surface area (Å²) in [6, 6.07) is 0. The van der Waals surface area contributed by atoms with Crippen LogP contribution in [0.3, 0.4) is 0 Å². The van der Waals surface area contributed by atoms with Gasteiger partial charge in [0.05, 0.1) is 13.7 Å². The molecule has 1 aromatic heterocycles. The molecule has 0 saturated heterocycles.